The molecule has 1 heterocycles. The van der Waals surface area contributed by atoms with Gasteiger partial charge in [-0.1, -0.05) is 0 Å². The number of anilines is 1. The number of pyridine rings is 1. The van der Waals surface area contributed by atoms with Crippen LogP contribution in [0.15, 0.2) is 36.7 Å². The highest BCUT2D eigenvalue weighted by molar-refractivity contribution is 5.59. The number of nitro groups is 1. The summed E-state index contributed by atoms with van der Waals surface area (Å²) in [5.41, 5.74) is 3.72. The first-order valence-corrected chi connectivity index (χ1v) is 5.96. The molecule has 0 atom stereocenters. The minimum atomic E-state index is -0.352. The van der Waals surface area contributed by atoms with Crippen LogP contribution in [0.1, 0.15) is 16.7 Å². The van der Waals surface area contributed by atoms with Crippen molar-refractivity contribution < 1.29 is 4.92 Å². The third-order valence-corrected chi connectivity index (χ3v) is 2.97. The molecule has 0 aliphatic rings. The average Bonchev–Trinajstić information content (AvgIpc) is 2.40. The molecule has 2 rings (SSSR count). The highest BCUT2D eigenvalue weighted by Gasteiger charge is 2.12. The monoisotopic (exact) mass is 257 g/mol. The molecule has 0 saturated carbocycles. The summed E-state index contributed by atoms with van der Waals surface area (Å²) in [5, 5.41) is 14.1. The number of nitrogens with one attached hydrogen (secondary N) is 1. The Morgan fingerprint density at radius 2 is 1.89 bits per heavy atom. The summed E-state index contributed by atoms with van der Waals surface area (Å²) >= 11 is 0. The Morgan fingerprint density at radius 3 is 2.53 bits per heavy atom. The molecule has 98 valence electrons. The number of rotatable bonds is 4. The molecule has 0 unspecified atom stereocenters. The van der Waals surface area contributed by atoms with Crippen LogP contribution in [0.25, 0.3) is 0 Å². The Bertz CT molecular complexity index is 597. The van der Waals surface area contributed by atoms with Gasteiger partial charge in [0.15, 0.2) is 0 Å². The molecule has 0 saturated heterocycles. The van der Waals surface area contributed by atoms with Crippen LogP contribution in [0.5, 0.6) is 0 Å². The van der Waals surface area contributed by atoms with E-state index in [-0.39, 0.29) is 10.6 Å². The summed E-state index contributed by atoms with van der Waals surface area (Å²) in [6.45, 7) is 4.27. The molecular weight excluding hydrogens is 242 g/mol. The maximum atomic E-state index is 10.8. The number of hydrogen-bond acceptors (Lipinski definition) is 4. The van der Waals surface area contributed by atoms with E-state index in [2.05, 4.69) is 10.3 Å². The van der Waals surface area contributed by atoms with E-state index >= 15 is 0 Å². The van der Waals surface area contributed by atoms with Gasteiger partial charge in [-0.25, -0.2) is 0 Å². The first-order chi connectivity index (χ1) is 9.08. The maximum absolute atomic E-state index is 10.8. The summed E-state index contributed by atoms with van der Waals surface area (Å²) < 4.78 is 0. The zero-order chi connectivity index (χ0) is 13.8. The lowest BCUT2D eigenvalue weighted by Gasteiger charge is -2.10. The smallest absolute Gasteiger partial charge is 0.272 e. The Hall–Kier alpha value is -2.43. The third-order valence-electron chi connectivity index (χ3n) is 2.97. The number of aromatic nitrogens is 1. The van der Waals surface area contributed by atoms with Gasteiger partial charge in [0.1, 0.15) is 0 Å². The van der Waals surface area contributed by atoms with Gasteiger partial charge in [-0.15, -0.1) is 0 Å². The van der Waals surface area contributed by atoms with Crippen molar-refractivity contribution in [2.75, 3.05) is 5.32 Å². The number of benzene rings is 1. The van der Waals surface area contributed by atoms with E-state index < -0.39 is 0 Å². The Kier molecular flexibility index (Phi) is 3.75. The highest BCUT2D eigenvalue weighted by Crippen LogP contribution is 2.26. The van der Waals surface area contributed by atoms with Crippen molar-refractivity contribution in [3.05, 3.63) is 63.5 Å². The lowest BCUT2D eigenvalue weighted by Crippen LogP contribution is -2.02. The Balaban J connectivity index is 2.17. The topological polar surface area (TPSA) is 68.1 Å². The molecule has 0 fully saturated rings. The molecule has 0 aliphatic carbocycles. The van der Waals surface area contributed by atoms with E-state index in [1.54, 1.807) is 25.4 Å². The third kappa shape index (κ3) is 3.07. The van der Waals surface area contributed by atoms with Crippen LogP contribution in [0, 0.1) is 24.0 Å². The SMILES string of the molecule is Cc1cc([N+](=O)[O-])c(C)cc1NCc1ccncc1. The fraction of sp³-hybridized carbons (Fsp3) is 0.214. The fourth-order valence-corrected chi connectivity index (χ4v) is 1.89. The van der Waals surface area contributed by atoms with E-state index in [0.29, 0.717) is 12.1 Å². The maximum Gasteiger partial charge on any atom is 0.272 e. The largest absolute Gasteiger partial charge is 0.381 e. The average molecular weight is 257 g/mol. The van der Waals surface area contributed by atoms with E-state index in [4.69, 9.17) is 0 Å². The second-order valence-corrected chi connectivity index (χ2v) is 4.42. The Labute approximate surface area is 111 Å². The van der Waals surface area contributed by atoms with Gasteiger partial charge in [-0.3, -0.25) is 15.1 Å². The van der Waals surface area contributed by atoms with E-state index in [1.807, 2.05) is 25.1 Å². The first-order valence-electron chi connectivity index (χ1n) is 5.96. The molecule has 19 heavy (non-hydrogen) atoms. The molecule has 1 aromatic carbocycles. The zero-order valence-electron chi connectivity index (χ0n) is 10.9. The lowest BCUT2D eigenvalue weighted by atomic mass is 10.1. The van der Waals surface area contributed by atoms with Crippen molar-refractivity contribution in [1.29, 1.82) is 0 Å². The van der Waals surface area contributed by atoms with Gasteiger partial charge in [0, 0.05) is 36.3 Å². The molecule has 0 bridgehead atoms. The van der Waals surface area contributed by atoms with Gasteiger partial charge >= 0.3 is 0 Å². The highest BCUT2D eigenvalue weighted by atomic mass is 16.6. The molecule has 0 aliphatic heterocycles. The van der Waals surface area contributed by atoms with Gasteiger partial charge in [-0.2, -0.15) is 0 Å². The van der Waals surface area contributed by atoms with Gasteiger partial charge in [0.05, 0.1) is 4.92 Å². The number of hydrogen-bond donors (Lipinski definition) is 1. The molecule has 0 spiro atoms. The van der Waals surface area contributed by atoms with Crippen LogP contribution in [0.2, 0.25) is 0 Å². The van der Waals surface area contributed by atoms with Crippen LogP contribution >= 0.6 is 0 Å². The number of nitro benzene ring substituents is 1. The summed E-state index contributed by atoms with van der Waals surface area (Å²) in [6, 6.07) is 7.28. The van der Waals surface area contributed by atoms with Gasteiger partial charge in [0.2, 0.25) is 0 Å². The van der Waals surface area contributed by atoms with E-state index in [0.717, 1.165) is 16.8 Å². The second kappa shape index (κ2) is 5.48. The number of aryl methyl sites for hydroxylation is 2. The summed E-state index contributed by atoms with van der Waals surface area (Å²) in [4.78, 5) is 14.5. The van der Waals surface area contributed by atoms with Gasteiger partial charge < -0.3 is 5.32 Å². The standard InChI is InChI=1S/C14H15N3O2/c1-10-8-14(17(18)19)11(2)7-13(10)16-9-12-3-5-15-6-4-12/h3-8,16H,9H2,1-2H3. The van der Waals surface area contributed by atoms with Crippen molar-refractivity contribution in [3.63, 3.8) is 0 Å². The number of nitrogens with zero attached hydrogens (tertiary/aromatic N) is 2. The van der Waals surface area contributed by atoms with Crippen molar-refractivity contribution >= 4 is 11.4 Å². The molecule has 0 radical (unpaired) electrons. The van der Waals surface area contributed by atoms with Crippen LogP contribution in [-0.2, 0) is 6.54 Å². The molecule has 2 aromatic rings. The van der Waals surface area contributed by atoms with Crippen LogP contribution < -0.4 is 5.32 Å². The normalized spacial score (nSPS) is 10.2. The quantitative estimate of drug-likeness (QED) is 0.674. The molecule has 5 nitrogen and oxygen atoms in total. The van der Waals surface area contributed by atoms with E-state index in [1.165, 1.54) is 0 Å². The van der Waals surface area contributed by atoms with Crippen molar-refractivity contribution in [1.82, 2.24) is 4.98 Å². The van der Waals surface area contributed by atoms with Crippen molar-refractivity contribution in [3.8, 4) is 0 Å². The molecule has 1 aromatic heterocycles. The predicted molar refractivity (Wildman–Crippen MR) is 74.1 cm³/mol. The molecular formula is C14H15N3O2. The minimum Gasteiger partial charge on any atom is -0.381 e. The van der Waals surface area contributed by atoms with E-state index in [9.17, 15) is 10.1 Å². The van der Waals surface area contributed by atoms with Crippen LogP contribution in [0.3, 0.4) is 0 Å². The van der Waals surface area contributed by atoms with Crippen LogP contribution in [-0.4, -0.2) is 9.91 Å². The molecule has 5 heteroatoms. The summed E-state index contributed by atoms with van der Waals surface area (Å²) in [5.74, 6) is 0. The van der Waals surface area contributed by atoms with Gasteiger partial charge in [-0.05, 0) is 43.2 Å². The van der Waals surface area contributed by atoms with Crippen molar-refractivity contribution in [2.45, 2.75) is 20.4 Å². The van der Waals surface area contributed by atoms with Crippen molar-refractivity contribution in [2.24, 2.45) is 0 Å². The lowest BCUT2D eigenvalue weighted by molar-refractivity contribution is -0.385. The molecule has 0 amide bonds. The minimum absolute atomic E-state index is 0.159. The predicted octanol–water partition coefficient (Wildman–Crippen LogP) is 3.22. The second-order valence-electron chi connectivity index (χ2n) is 4.42. The summed E-state index contributed by atoms with van der Waals surface area (Å²) in [6.07, 6.45) is 3.48. The van der Waals surface area contributed by atoms with Crippen LogP contribution in [0.4, 0.5) is 11.4 Å². The summed E-state index contributed by atoms with van der Waals surface area (Å²) in [7, 11) is 0. The first kappa shape index (κ1) is 13.0. The zero-order valence-corrected chi connectivity index (χ0v) is 10.9. The Morgan fingerprint density at radius 1 is 1.21 bits per heavy atom. The van der Waals surface area contributed by atoms with Gasteiger partial charge in [0.25, 0.3) is 5.69 Å². The fourth-order valence-electron chi connectivity index (χ4n) is 1.89. The molecule has 1 N–H and O–H groups in total.